The van der Waals surface area contributed by atoms with Crippen LogP contribution in [0.25, 0.3) is 0 Å². The Kier molecular flexibility index (Phi) is 3.14. The Bertz CT molecular complexity index is 636. The van der Waals surface area contributed by atoms with Gasteiger partial charge in [-0.05, 0) is 37.1 Å². The molecule has 0 radical (unpaired) electrons. The van der Waals surface area contributed by atoms with Crippen molar-refractivity contribution in [1.82, 2.24) is 15.1 Å². The number of nitrogens with one attached hydrogen (secondary N) is 1. The Morgan fingerprint density at radius 3 is 2.90 bits per heavy atom. The molecule has 1 saturated carbocycles. The summed E-state index contributed by atoms with van der Waals surface area (Å²) in [4.78, 5) is 12.1. The fourth-order valence-corrected chi connectivity index (χ4v) is 2.30. The predicted octanol–water partition coefficient (Wildman–Crippen LogP) is 2.16. The van der Waals surface area contributed by atoms with Crippen LogP contribution in [0, 0.1) is 0 Å². The molecule has 1 aliphatic rings. The van der Waals surface area contributed by atoms with Gasteiger partial charge in [0.25, 0.3) is 5.91 Å². The molecular formula is C14H14ClN3O2. The SMILES string of the molecule is O=C(NCC1(n2cccn2)CC1)c1ccc(Cl)c(O)c1. The molecule has 0 aliphatic heterocycles. The van der Waals surface area contributed by atoms with Crippen LogP contribution in [0.15, 0.2) is 36.7 Å². The zero-order valence-corrected chi connectivity index (χ0v) is 11.5. The molecule has 1 heterocycles. The average Bonchev–Trinajstić information content (AvgIpc) is 3.02. The van der Waals surface area contributed by atoms with Gasteiger partial charge in [0.2, 0.25) is 0 Å². The smallest absolute Gasteiger partial charge is 0.251 e. The Balaban J connectivity index is 1.67. The molecule has 0 saturated heterocycles. The maximum Gasteiger partial charge on any atom is 0.251 e. The second-order valence-electron chi connectivity index (χ2n) is 5.02. The number of amides is 1. The van der Waals surface area contributed by atoms with E-state index in [2.05, 4.69) is 10.4 Å². The van der Waals surface area contributed by atoms with Gasteiger partial charge in [-0.25, -0.2) is 0 Å². The van der Waals surface area contributed by atoms with Crippen molar-refractivity contribution in [3.8, 4) is 5.75 Å². The lowest BCUT2D eigenvalue weighted by atomic mass is 10.2. The lowest BCUT2D eigenvalue weighted by Gasteiger charge is -2.16. The van der Waals surface area contributed by atoms with Crippen LogP contribution in [0.1, 0.15) is 23.2 Å². The van der Waals surface area contributed by atoms with Gasteiger partial charge in [-0.15, -0.1) is 0 Å². The van der Waals surface area contributed by atoms with E-state index in [4.69, 9.17) is 11.6 Å². The highest BCUT2D eigenvalue weighted by Gasteiger charge is 2.45. The molecule has 104 valence electrons. The van der Waals surface area contributed by atoms with Crippen LogP contribution in [-0.4, -0.2) is 27.3 Å². The summed E-state index contributed by atoms with van der Waals surface area (Å²) in [7, 11) is 0. The lowest BCUT2D eigenvalue weighted by molar-refractivity contribution is 0.0944. The highest BCUT2D eigenvalue weighted by atomic mass is 35.5. The number of rotatable bonds is 4. The molecule has 1 aromatic carbocycles. The van der Waals surface area contributed by atoms with E-state index in [0.29, 0.717) is 12.1 Å². The van der Waals surface area contributed by atoms with Gasteiger partial charge < -0.3 is 10.4 Å². The molecule has 5 nitrogen and oxygen atoms in total. The molecule has 0 atom stereocenters. The third-order valence-corrected chi connectivity index (χ3v) is 3.92. The number of phenols is 1. The van der Waals surface area contributed by atoms with E-state index in [0.717, 1.165) is 12.8 Å². The largest absolute Gasteiger partial charge is 0.506 e. The molecule has 1 aromatic heterocycles. The van der Waals surface area contributed by atoms with Gasteiger partial charge >= 0.3 is 0 Å². The molecule has 0 bridgehead atoms. The van der Waals surface area contributed by atoms with Gasteiger partial charge in [0.15, 0.2) is 0 Å². The van der Waals surface area contributed by atoms with Crippen molar-refractivity contribution in [2.45, 2.75) is 18.4 Å². The zero-order chi connectivity index (χ0) is 14.2. The molecule has 0 spiro atoms. The van der Waals surface area contributed by atoms with Crippen LogP contribution >= 0.6 is 11.6 Å². The third-order valence-electron chi connectivity index (χ3n) is 3.60. The van der Waals surface area contributed by atoms with Crippen LogP contribution in [0.5, 0.6) is 5.75 Å². The second-order valence-corrected chi connectivity index (χ2v) is 5.43. The Hall–Kier alpha value is -2.01. The number of nitrogens with zero attached hydrogens (tertiary/aromatic N) is 2. The van der Waals surface area contributed by atoms with Crippen molar-refractivity contribution >= 4 is 17.5 Å². The summed E-state index contributed by atoms with van der Waals surface area (Å²) in [5.41, 5.74) is 0.302. The van der Waals surface area contributed by atoms with E-state index < -0.39 is 0 Å². The summed E-state index contributed by atoms with van der Waals surface area (Å²) < 4.78 is 1.90. The number of phenolic OH excluding ortho intramolecular Hbond substituents is 1. The Morgan fingerprint density at radius 1 is 1.50 bits per heavy atom. The van der Waals surface area contributed by atoms with E-state index >= 15 is 0 Å². The average molecular weight is 292 g/mol. The van der Waals surface area contributed by atoms with Crippen molar-refractivity contribution in [2.24, 2.45) is 0 Å². The number of carbonyl (C=O) groups excluding carboxylic acids is 1. The molecular weight excluding hydrogens is 278 g/mol. The van der Waals surface area contributed by atoms with Crippen LogP contribution in [-0.2, 0) is 5.54 Å². The molecule has 2 N–H and O–H groups in total. The standard InChI is InChI=1S/C14H14ClN3O2/c15-11-3-2-10(8-12(11)19)13(20)16-9-14(4-5-14)18-7-1-6-17-18/h1-3,6-8,19H,4-5,9H2,(H,16,20). The van der Waals surface area contributed by atoms with Gasteiger partial charge in [-0.2, -0.15) is 5.10 Å². The third kappa shape index (κ3) is 2.36. The van der Waals surface area contributed by atoms with Crippen molar-refractivity contribution < 1.29 is 9.90 Å². The number of aromatic nitrogens is 2. The number of halogens is 1. The molecule has 6 heteroatoms. The lowest BCUT2D eigenvalue weighted by Crippen LogP contribution is -2.35. The van der Waals surface area contributed by atoms with E-state index in [1.807, 2.05) is 16.9 Å². The van der Waals surface area contributed by atoms with Crippen LogP contribution < -0.4 is 5.32 Å². The first-order chi connectivity index (χ1) is 9.61. The minimum atomic E-state index is -0.226. The minimum Gasteiger partial charge on any atom is -0.506 e. The monoisotopic (exact) mass is 291 g/mol. The number of benzene rings is 1. The van der Waals surface area contributed by atoms with Gasteiger partial charge in [0, 0.05) is 24.5 Å². The quantitative estimate of drug-likeness (QED) is 0.907. The maximum atomic E-state index is 12.1. The van der Waals surface area contributed by atoms with Crippen molar-refractivity contribution in [2.75, 3.05) is 6.54 Å². The van der Waals surface area contributed by atoms with Crippen LogP contribution in [0.2, 0.25) is 5.02 Å². The zero-order valence-electron chi connectivity index (χ0n) is 10.7. The van der Waals surface area contributed by atoms with E-state index in [9.17, 15) is 9.90 Å². The predicted molar refractivity (Wildman–Crippen MR) is 74.9 cm³/mol. The molecule has 2 aromatic rings. The van der Waals surface area contributed by atoms with Gasteiger partial charge in [0.1, 0.15) is 5.75 Å². The fraction of sp³-hybridized carbons (Fsp3) is 0.286. The first-order valence-electron chi connectivity index (χ1n) is 6.38. The Labute approximate surface area is 121 Å². The highest BCUT2D eigenvalue weighted by molar-refractivity contribution is 6.32. The van der Waals surface area contributed by atoms with Gasteiger partial charge in [-0.1, -0.05) is 11.6 Å². The van der Waals surface area contributed by atoms with Crippen molar-refractivity contribution in [3.05, 3.63) is 47.2 Å². The summed E-state index contributed by atoms with van der Waals surface area (Å²) in [6.07, 6.45) is 5.65. The minimum absolute atomic E-state index is 0.0897. The second kappa shape index (κ2) is 4.83. The summed E-state index contributed by atoms with van der Waals surface area (Å²) in [5, 5.41) is 16.9. The van der Waals surface area contributed by atoms with Gasteiger partial charge in [0.05, 0.1) is 10.6 Å². The summed E-state index contributed by atoms with van der Waals surface area (Å²) >= 11 is 5.72. The van der Waals surface area contributed by atoms with E-state index in [-0.39, 0.29) is 22.2 Å². The fourth-order valence-electron chi connectivity index (χ4n) is 2.18. The topological polar surface area (TPSA) is 67.2 Å². The van der Waals surface area contributed by atoms with Crippen LogP contribution in [0.4, 0.5) is 0 Å². The maximum absolute atomic E-state index is 12.1. The molecule has 20 heavy (non-hydrogen) atoms. The summed E-state index contributed by atoms with van der Waals surface area (Å²) in [6, 6.07) is 6.33. The van der Waals surface area contributed by atoms with E-state index in [1.54, 1.807) is 12.3 Å². The molecule has 1 fully saturated rings. The molecule has 1 amide bonds. The van der Waals surface area contributed by atoms with Gasteiger partial charge in [-0.3, -0.25) is 9.48 Å². The van der Waals surface area contributed by atoms with E-state index in [1.165, 1.54) is 12.1 Å². The molecule has 1 aliphatic carbocycles. The first kappa shape index (κ1) is 13.0. The van der Waals surface area contributed by atoms with Crippen molar-refractivity contribution in [1.29, 1.82) is 0 Å². The normalized spacial score (nSPS) is 15.8. The highest BCUT2D eigenvalue weighted by Crippen LogP contribution is 2.42. The number of carbonyl (C=O) groups is 1. The number of aromatic hydroxyl groups is 1. The first-order valence-corrected chi connectivity index (χ1v) is 6.75. The Morgan fingerprint density at radius 2 is 2.30 bits per heavy atom. The number of hydrogen-bond donors (Lipinski definition) is 2. The summed E-state index contributed by atoms with van der Waals surface area (Å²) in [6.45, 7) is 0.525. The molecule has 3 rings (SSSR count). The molecule has 0 unspecified atom stereocenters. The number of hydrogen-bond acceptors (Lipinski definition) is 3. The van der Waals surface area contributed by atoms with Crippen LogP contribution in [0.3, 0.4) is 0 Å². The van der Waals surface area contributed by atoms with Crippen molar-refractivity contribution in [3.63, 3.8) is 0 Å². The summed E-state index contributed by atoms with van der Waals surface area (Å²) in [5.74, 6) is -0.317.